The first-order chi connectivity index (χ1) is 13.5. The lowest BCUT2D eigenvalue weighted by Gasteiger charge is -2.14. The third-order valence-corrected chi connectivity index (χ3v) is 4.79. The zero-order chi connectivity index (χ0) is 20.1. The second-order valence-electron chi connectivity index (χ2n) is 5.76. The van der Waals surface area contributed by atoms with Crippen molar-refractivity contribution in [3.8, 4) is 0 Å². The fourth-order valence-corrected chi connectivity index (χ4v) is 3.39. The molecule has 1 aliphatic heterocycles. The van der Waals surface area contributed by atoms with E-state index in [4.69, 9.17) is 0 Å². The second kappa shape index (κ2) is 8.53. The minimum atomic E-state index is -0.604. The quantitative estimate of drug-likeness (QED) is 0.617. The van der Waals surface area contributed by atoms with E-state index in [0.717, 1.165) is 22.2 Å². The van der Waals surface area contributed by atoms with Gasteiger partial charge in [0, 0.05) is 0 Å². The molecule has 1 aliphatic rings. The third kappa shape index (κ3) is 4.29. The van der Waals surface area contributed by atoms with Gasteiger partial charge < -0.3 is 10.1 Å². The molecule has 1 saturated heterocycles. The zero-order valence-electron chi connectivity index (χ0n) is 14.9. The summed E-state index contributed by atoms with van der Waals surface area (Å²) in [6, 6.07) is 15.4. The Balaban J connectivity index is 1.71. The van der Waals surface area contributed by atoms with Crippen LogP contribution in [-0.2, 0) is 14.3 Å². The molecule has 1 N–H and O–H groups in total. The van der Waals surface area contributed by atoms with Crippen LogP contribution >= 0.6 is 11.8 Å². The maximum absolute atomic E-state index is 12.5. The highest BCUT2D eigenvalue weighted by Gasteiger charge is 2.36. The van der Waals surface area contributed by atoms with Crippen LogP contribution in [0.25, 0.3) is 6.08 Å². The van der Waals surface area contributed by atoms with E-state index < -0.39 is 29.6 Å². The maximum atomic E-state index is 12.5. The number of anilines is 1. The van der Waals surface area contributed by atoms with Crippen molar-refractivity contribution in [2.24, 2.45) is 0 Å². The van der Waals surface area contributed by atoms with E-state index in [-0.39, 0.29) is 16.2 Å². The zero-order valence-corrected chi connectivity index (χ0v) is 15.7. The Morgan fingerprint density at radius 1 is 1.07 bits per heavy atom. The molecule has 0 saturated carbocycles. The van der Waals surface area contributed by atoms with Crippen LogP contribution in [0.15, 0.2) is 59.5 Å². The fraction of sp³-hybridized carbons (Fsp3) is 0.100. The van der Waals surface area contributed by atoms with Crippen molar-refractivity contribution in [2.45, 2.75) is 0 Å². The molecule has 0 aromatic heterocycles. The Morgan fingerprint density at radius 3 is 2.46 bits per heavy atom. The number of nitrogens with one attached hydrogen (secondary N) is 1. The molecule has 0 atom stereocenters. The molecule has 0 aliphatic carbocycles. The highest BCUT2D eigenvalue weighted by molar-refractivity contribution is 8.18. The number of imide groups is 1. The smallest absolute Gasteiger partial charge is 0.339 e. The molecule has 142 valence electrons. The van der Waals surface area contributed by atoms with Crippen LogP contribution < -0.4 is 5.32 Å². The van der Waals surface area contributed by atoms with E-state index >= 15 is 0 Å². The number of ether oxygens (including phenoxy) is 1. The Labute approximate surface area is 165 Å². The van der Waals surface area contributed by atoms with Crippen LogP contribution in [0.1, 0.15) is 15.9 Å². The molecule has 28 heavy (non-hydrogen) atoms. The molecule has 2 aromatic rings. The van der Waals surface area contributed by atoms with Crippen molar-refractivity contribution >= 4 is 46.5 Å². The van der Waals surface area contributed by atoms with Crippen molar-refractivity contribution in [3.05, 3.63) is 70.6 Å². The number of methoxy groups -OCH3 is 1. The highest BCUT2D eigenvalue weighted by Crippen LogP contribution is 2.32. The molecule has 2 aromatic carbocycles. The van der Waals surface area contributed by atoms with E-state index in [1.807, 2.05) is 30.3 Å². The normalized spacial score (nSPS) is 15.0. The summed E-state index contributed by atoms with van der Waals surface area (Å²) in [7, 11) is 1.24. The molecular weight excluding hydrogens is 380 g/mol. The number of benzene rings is 2. The van der Waals surface area contributed by atoms with Gasteiger partial charge in [-0.3, -0.25) is 19.3 Å². The number of esters is 1. The van der Waals surface area contributed by atoms with Gasteiger partial charge in [0.2, 0.25) is 5.91 Å². The lowest BCUT2D eigenvalue weighted by atomic mass is 10.2. The first-order valence-corrected chi connectivity index (χ1v) is 9.09. The number of hydrogen-bond donors (Lipinski definition) is 1. The summed E-state index contributed by atoms with van der Waals surface area (Å²) in [5.41, 5.74) is 1.20. The van der Waals surface area contributed by atoms with Crippen molar-refractivity contribution < 1.29 is 23.9 Å². The molecule has 1 heterocycles. The number of rotatable bonds is 5. The summed E-state index contributed by atoms with van der Waals surface area (Å²) in [6.45, 7) is -0.452. The van der Waals surface area contributed by atoms with Gasteiger partial charge in [-0.15, -0.1) is 0 Å². The third-order valence-electron chi connectivity index (χ3n) is 3.88. The second-order valence-corrected chi connectivity index (χ2v) is 6.76. The average Bonchev–Trinajstić information content (AvgIpc) is 2.96. The van der Waals surface area contributed by atoms with Crippen LogP contribution in [0.5, 0.6) is 0 Å². The molecule has 3 amide bonds. The SMILES string of the molecule is COC(=O)c1ccccc1NC(=O)CN1C(=O)S/C(=C/c2ccccc2)C1=O. The van der Waals surface area contributed by atoms with E-state index in [1.165, 1.54) is 19.2 Å². The predicted molar refractivity (Wildman–Crippen MR) is 106 cm³/mol. The minimum absolute atomic E-state index is 0.177. The topological polar surface area (TPSA) is 92.8 Å². The van der Waals surface area contributed by atoms with Crippen LogP contribution in [-0.4, -0.2) is 41.6 Å². The summed E-state index contributed by atoms with van der Waals surface area (Å²) in [5, 5.41) is 2.02. The number of amides is 3. The van der Waals surface area contributed by atoms with Gasteiger partial charge in [0.05, 0.1) is 23.3 Å². The van der Waals surface area contributed by atoms with Crippen LogP contribution in [0, 0.1) is 0 Å². The monoisotopic (exact) mass is 396 g/mol. The van der Waals surface area contributed by atoms with Crippen molar-refractivity contribution in [1.82, 2.24) is 4.90 Å². The first-order valence-electron chi connectivity index (χ1n) is 8.27. The van der Waals surface area contributed by atoms with Gasteiger partial charge in [0.15, 0.2) is 0 Å². The number of para-hydroxylation sites is 1. The van der Waals surface area contributed by atoms with Crippen molar-refractivity contribution in [1.29, 1.82) is 0 Å². The lowest BCUT2D eigenvalue weighted by Crippen LogP contribution is -2.36. The van der Waals surface area contributed by atoms with Crippen molar-refractivity contribution in [2.75, 3.05) is 19.0 Å². The van der Waals surface area contributed by atoms with Gasteiger partial charge >= 0.3 is 5.97 Å². The van der Waals surface area contributed by atoms with E-state index in [2.05, 4.69) is 10.1 Å². The summed E-state index contributed by atoms with van der Waals surface area (Å²) in [6.07, 6.45) is 1.61. The number of thioether (sulfide) groups is 1. The largest absolute Gasteiger partial charge is 0.465 e. The average molecular weight is 396 g/mol. The highest BCUT2D eigenvalue weighted by atomic mass is 32.2. The molecule has 7 nitrogen and oxygen atoms in total. The first kappa shape index (κ1) is 19.4. The minimum Gasteiger partial charge on any atom is -0.465 e. The number of nitrogens with zero attached hydrogens (tertiary/aromatic N) is 1. The summed E-state index contributed by atoms with van der Waals surface area (Å²) in [5.74, 6) is -1.73. The van der Waals surface area contributed by atoms with E-state index in [0.29, 0.717) is 0 Å². The Bertz CT molecular complexity index is 972. The summed E-state index contributed by atoms with van der Waals surface area (Å²) >= 11 is 0.781. The Kier molecular flexibility index (Phi) is 5.90. The van der Waals surface area contributed by atoms with Gasteiger partial charge in [0.1, 0.15) is 6.54 Å². The molecule has 0 bridgehead atoms. The molecular formula is C20H16N2O5S. The van der Waals surface area contributed by atoms with E-state index in [1.54, 1.807) is 18.2 Å². The summed E-state index contributed by atoms with van der Waals surface area (Å²) < 4.78 is 4.68. The van der Waals surface area contributed by atoms with Crippen LogP contribution in [0.3, 0.4) is 0 Å². The Morgan fingerprint density at radius 2 is 1.75 bits per heavy atom. The maximum Gasteiger partial charge on any atom is 0.339 e. The molecule has 3 rings (SSSR count). The standard InChI is InChI=1S/C20H16N2O5S/c1-27-19(25)14-9-5-6-10-15(14)21-17(23)12-22-18(24)16(28-20(22)26)11-13-7-3-2-4-8-13/h2-11H,12H2,1H3,(H,21,23)/b16-11+. The Hall–Kier alpha value is -3.39. The number of carbonyl (C=O) groups excluding carboxylic acids is 4. The van der Waals surface area contributed by atoms with Crippen LogP contribution in [0.4, 0.5) is 10.5 Å². The fourth-order valence-electron chi connectivity index (χ4n) is 2.55. The predicted octanol–water partition coefficient (Wildman–Crippen LogP) is 3.15. The van der Waals surface area contributed by atoms with Crippen molar-refractivity contribution in [3.63, 3.8) is 0 Å². The van der Waals surface area contributed by atoms with Gasteiger partial charge in [-0.1, -0.05) is 42.5 Å². The molecule has 0 spiro atoms. The van der Waals surface area contributed by atoms with Gasteiger partial charge in [-0.25, -0.2) is 4.79 Å². The van der Waals surface area contributed by atoms with Crippen LogP contribution in [0.2, 0.25) is 0 Å². The van der Waals surface area contributed by atoms with E-state index in [9.17, 15) is 19.2 Å². The van der Waals surface area contributed by atoms with Gasteiger partial charge in [0.25, 0.3) is 11.1 Å². The molecule has 8 heteroatoms. The molecule has 0 unspecified atom stereocenters. The molecule has 0 radical (unpaired) electrons. The number of carbonyl (C=O) groups is 4. The summed E-state index contributed by atoms with van der Waals surface area (Å²) in [4.78, 5) is 49.9. The van der Waals surface area contributed by atoms with Gasteiger partial charge in [-0.2, -0.15) is 0 Å². The van der Waals surface area contributed by atoms with Gasteiger partial charge in [-0.05, 0) is 35.5 Å². The molecule has 1 fully saturated rings. The number of hydrogen-bond acceptors (Lipinski definition) is 6. The lowest BCUT2D eigenvalue weighted by molar-refractivity contribution is -0.127.